The van der Waals surface area contributed by atoms with Crippen molar-refractivity contribution < 1.29 is 14.3 Å². The molecule has 5 nitrogen and oxygen atoms in total. The number of carbonyl (C=O) groups is 2. The second-order valence-corrected chi connectivity index (χ2v) is 8.48. The molecule has 0 unspecified atom stereocenters. The first kappa shape index (κ1) is 25.0. The molecule has 2 rings (SSSR count). The minimum absolute atomic E-state index is 0.174. The highest BCUT2D eigenvalue weighted by molar-refractivity contribution is 6.35. The maximum Gasteiger partial charge on any atom is 0.261 e. The van der Waals surface area contributed by atoms with E-state index in [0.717, 1.165) is 24.0 Å². The molecular formula is C24H30Cl2N2O3. The maximum atomic E-state index is 13.1. The third kappa shape index (κ3) is 7.44. The Kier molecular flexibility index (Phi) is 9.66. The van der Waals surface area contributed by atoms with Crippen LogP contribution in [0.5, 0.6) is 5.75 Å². The van der Waals surface area contributed by atoms with E-state index in [4.69, 9.17) is 27.9 Å². The fourth-order valence-electron chi connectivity index (χ4n) is 3.14. The summed E-state index contributed by atoms with van der Waals surface area (Å²) in [7, 11) is 0. The van der Waals surface area contributed by atoms with E-state index in [1.807, 2.05) is 32.0 Å². The quantitative estimate of drug-likeness (QED) is 0.483. The second kappa shape index (κ2) is 12.0. The predicted molar refractivity (Wildman–Crippen MR) is 126 cm³/mol. The number of rotatable bonds is 10. The number of unbranched alkanes of at least 4 members (excludes halogenated alkanes) is 1. The highest BCUT2D eigenvalue weighted by Crippen LogP contribution is 2.24. The van der Waals surface area contributed by atoms with Gasteiger partial charge in [-0.25, -0.2) is 0 Å². The van der Waals surface area contributed by atoms with Gasteiger partial charge in [-0.15, -0.1) is 0 Å². The number of ether oxygens (including phenoxy) is 1. The number of halogens is 2. The van der Waals surface area contributed by atoms with E-state index in [1.165, 1.54) is 4.90 Å². The Labute approximate surface area is 194 Å². The molecule has 0 spiro atoms. The van der Waals surface area contributed by atoms with Crippen LogP contribution in [0.15, 0.2) is 36.4 Å². The van der Waals surface area contributed by atoms with Gasteiger partial charge in [-0.3, -0.25) is 9.59 Å². The summed E-state index contributed by atoms with van der Waals surface area (Å²) in [6.07, 6.45) is 1.85. The lowest BCUT2D eigenvalue weighted by molar-refractivity contribution is -0.142. The van der Waals surface area contributed by atoms with Crippen LogP contribution in [0.1, 0.15) is 43.4 Å². The fraction of sp³-hybridized carbons (Fsp3) is 0.417. The molecular weight excluding hydrogens is 435 g/mol. The van der Waals surface area contributed by atoms with Gasteiger partial charge in [0.15, 0.2) is 6.61 Å². The first-order valence-corrected chi connectivity index (χ1v) is 11.2. The van der Waals surface area contributed by atoms with Crippen LogP contribution in [-0.2, 0) is 16.1 Å². The average molecular weight is 465 g/mol. The first-order chi connectivity index (χ1) is 14.7. The molecule has 0 aliphatic rings. The van der Waals surface area contributed by atoms with Crippen molar-refractivity contribution in [3.8, 4) is 5.75 Å². The first-order valence-electron chi connectivity index (χ1n) is 10.4. The van der Waals surface area contributed by atoms with Gasteiger partial charge >= 0.3 is 0 Å². The molecule has 31 heavy (non-hydrogen) atoms. The molecule has 0 saturated carbocycles. The van der Waals surface area contributed by atoms with Crippen molar-refractivity contribution in [1.29, 1.82) is 0 Å². The van der Waals surface area contributed by atoms with Crippen LogP contribution in [-0.4, -0.2) is 35.9 Å². The van der Waals surface area contributed by atoms with Crippen LogP contribution in [0.25, 0.3) is 0 Å². The van der Waals surface area contributed by atoms with E-state index in [2.05, 4.69) is 12.2 Å². The van der Waals surface area contributed by atoms with Crippen LogP contribution in [0.2, 0.25) is 10.0 Å². The molecule has 0 aliphatic heterocycles. The third-order valence-corrected chi connectivity index (χ3v) is 5.62. The smallest absolute Gasteiger partial charge is 0.261 e. The molecule has 0 saturated heterocycles. The normalized spacial score (nSPS) is 11.7. The SMILES string of the molecule is CCCCNC(=O)[C@@H](C)N(Cc1ccc(Cl)cc1Cl)C(=O)COc1ccc(C)cc1C. The fourth-order valence-corrected chi connectivity index (χ4v) is 3.60. The zero-order valence-corrected chi connectivity index (χ0v) is 20.0. The lowest BCUT2D eigenvalue weighted by atomic mass is 10.1. The van der Waals surface area contributed by atoms with Crippen LogP contribution in [0.4, 0.5) is 0 Å². The number of amides is 2. The molecule has 2 aromatic carbocycles. The number of nitrogens with zero attached hydrogens (tertiary/aromatic N) is 1. The summed E-state index contributed by atoms with van der Waals surface area (Å²) in [6, 6.07) is 10.2. The monoisotopic (exact) mass is 464 g/mol. The molecule has 0 heterocycles. The molecule has 168 valence electrons. The van der Waals surface area contributed by atoms with Crippen molar-refractivity contribution in [2.75, 3.05) is 13.2 Å². The second-order valence-electron chi connectivity index (χ2n) is 7.64. The van der Waals surface area contributed by atoms with E-state index in [1.54, 1.807) is 25.1 Å². The highest BCUT2D eigenvalue weighted by Gasteiger charge is 2.27. The average Bonchev–Trinajstić information content (AvgIpc) is 2.72. The largest absolute Gasteiger partial charge is 0.483 e. The van der Waals surface area contributed by atoms with Gasteiger partial charge in [-0.1, -0.05) is 60.3 Å². The molecule has 1 N–H and O–H groups in total. The Bertz CT molecular complexity index is 918. The molecule has 0 bridgehead atoms. The van der Waals surface area contributed by atoms with Crippen LogP contribution >= 0.6 is 23.2 Å². The predicted octanol–water partition coefficient (Wildman–Crippen LogP) is 5.32. The summed E-state index contributed by atoms with van der Waals surface area (Å²) < 4.78 is 5.77. The molecule has 0 aliphatic carbocycles. The minimum Gasteiger partial charge on any atom is -0.483 e. The van der Waals surface area contributed by atoms with Crippen LogP contribution in [0.3, 0.4) is 0 Å². The minimum atomic E-state index is -0.682. The molecule has 2 amide bonds. The summed E-state index contributed by atoms with van der Waals surface area (Å²) >= 11 is 12.3. The summed E-state index contributed by atoms with van der Waals surface area (Å²) in [6.45, 7) is 8.26. The van der Waals surface area contributed by atoms with Gasteiger partial charge in [0.05, 0.1) is 0 Å². The molecule has 0 radical (unpaired) electrons. The lowest BCUT2D eigenvalue weighted by Gasteiger charge is -2.29. The van der Waals surface area contributed by atoms with E-state index in [-0.39, 0.29) is 25.0 Å². The number of hydrogen-bond donors (Lipinski definition) is 1. The van der Waals surface area contributed by atoms with Crippen molar-refractivity contribution >= 4 is 35.0 Å². The number of hydrogen-bond acceptors (Lipinski definition) is 3. The van der Waals surface area contributed by atoms with E-state index < -0.39 is 6.04 Å². The zero-order valence-electron chi connectivity index (χ0n) is 18.5. The summed E-state index contributed by atoms with van der Waals surface area (Å²) in [5.74, 6) is 0.131. The maximum absolute atomic E-state index is 13.1. The Morgan fingerprint density at radius 1 is 1.13 bits per heavy atom. The summed E-state index contributed by atoms with van der Waals surface area (Å²) in [4.78, 5) is 27.3. The lowest BCUT2D eigenvalue weighted by Crippen LogP contribution is -2.49. The van der Waals surface area contributed by atoms with E-state index in [9.17, 15) is 9.59 Å². The van der Waals surface area contributed by atoms with Crippen molar-refractivity contribution in [1.82, 2.24) is 10.2 Å². The van der Waals surface area contributed by atoms with E-state index >= 15 is 0 Å². The number of benzene rings is 2. The molecule has 2 aromatic rings. The molecule has 7 heteroatoms. The van der Waals surface area contributed by atoms with Gasteiger partial charge in [-0.2, -0.15) is 0 Å². The summed E-state index contributed by atoms with van der Waals surface area (Å²) in [5.41, 5.74) is 2.78. The van der Waals surface area contributed by atoms with Crippen molar-refractivity contribution in [3.05, 3.63) is 63.1 Å². The van der Waals surface area contributed by atoms with Crippen molar-refractivity contribution in [2.45, 2.75) is 53.1 Å². The Morgan fingerprint density at radius 3 is 2.52 bits per heavy atom. The van der Waals surface area contributed by atoms with Gasteiger partial charge in [0.1, 0.15) is 11.8 Å². The summed E-state index contributed by atoms with van der Waals surface area (Å²) in [5, 5.41) is 3.84. The topological polar surface area (TPSA) is 58.6 Å². The number of carbonyl (C=O) groups excluding carboxylic acids is 2. The van der Waals surface area contributed by atoms with E-state index in [0.29, 0.717) is 27.9 Å². The highest BCUT2D eigenvalue weighted by atomic mass is 35.5. The van der Waals surface area contributed by atoms with Crippen molar-refractivity contribution in [2.24, 2.45) is 0 Å². The van der Waals surface area contributed by atoms with Gasteiger partial charge in [0.25, 0.3) is 5.91 Å². The Morgan fingerprint density at radius 2 is 1.87 bits per heavy atom. The number of aryl methyl sites for hydroxylation is 2. The standard InChI is InChI=1S/C24H30Cl2N2O3/c1-5-6-11-27-24(30)18(4)28(14-19-8-9-20(25)13-21(19)26)23(29)15-31-22-10-7-16(2)12-17(22)3/h7-10,12-13,18H,5-6,11,14-15H2,1-4H3,(H,27,30)/t18-/m1/s1. The Balaban J connectivity index is 2.18. The molecule has 0 aromatic heterocycles. The third-order valence-electron chi connectivity index (χ3n) is 5.03. The Hall–Kier alpha value is -2.24. The van der Waals surface area contributed by atoms with Gasteiger partial charge in [-0.05, 0) is 56.5 Å². The molecule has 1 atom stereocenters. The van der Waals surface area contributed by atoms with Crippen LogP contribution < -0.4 is 10.1 Å². The van der Waals surface area contributed by atoms with Crippen LogP contribution in [0, 0.1) is 13.8 Å². The van der Waals surface area contributed by atoms with Crippen molar-refractivity contribution in [3.63, 3.8) is 0 Å². The van der Waals surface area contributed by atoms with Gasteiger partial charge in [0, 0.05) is 23.1 Å². The van der Waals surface area contributed by atoms with Gasteiger partial charge in [0.2, 0.25) is 5.91 Å². The van der Waals surface area contributed by atoms with Gasteiger partial charge < -0.3 is 15.0 Å². The zero-order chi connectivity index (χ0) is 23.0. The molecule has 0 fully saturated rings. The number of nitrogens with one attached hydrogen (secondary N) is 1.